The van der Waals surface area contributed by atoms with E-state index in [-0.39, 0.29) is 5.75 Å². The smallest absolute Gasteiger partial charge is 0.232 e. The zero-order chi connectivity index (χ0) is 12.0. The average Bonchev–Trinajstić information content (AvgIpc) is 2.26. The first kappa shape index (κ1) is 12.8. The number of benzene rings is 1. The van der Waals surface area contributed by atoms with Gasteiger partial charge in [0.2, 0.25) is 10.0 Å². The summed E-state index contributed by atoms with van der Waals surface area (Å²) in [5.41, 5.74) is 0.537. The fourth-order valence-corrected chi connectivity index (χ4v) is 2.51. The molecule has 0 aromatic heterocycles. The molecule has 1 aromatic rings. The molecule has 0 fully saturated rings. The first-order valence-electron chi connectivity index (χ1n) is 5.22. The minimum Gasteiger partial charge on any atom is -0.497 e. The second-order valence-electron chi connectivity index (χ2n) is 3.51. The second kappa shape index (κ2) is 5.75. The lowest BCUT2D eigenvalue weighted by molar-refractivity contribution is 0.415. The summed E-state index contributed by atoms with van der Waals surface area (Å²) >= 11 is 0. The molecule has 1 rings (SSSR count). The molecular formula is C11H17NO3S. The Kier molecular flexibility index (Phi) is 4.61. The van der Waals surface area contributed by atoms with Crippen molar-refractivity contribution in [1.82, 2.24) is 0 Å². The first-order chi connectivity index (χ1) is 7.57. The Morgan fingerprint density at radius 2 is 2.12 bits per heavy atom. The zero-order valence-corrected chi connectivity index (χ0v) is 10.4. The summed E-state index contributed by atoms with van der Waals surface area (Å²) in [5, 5.41) is 0. The van der Waals surface area contributed by atoms with Crippen LogP contribution in [0.2, 0.25) is 0 Å². The highest BCUT2D eigenvalue weighted by Crippen LogP contribution is 2.18. The number of methoxy groups -OCH3 is 1. The third-order valence-electron chi connectivity index (χ3n) is 2.11. The quantitative estimate of drug-likeness (QED) is 0.833. The molecule has 0 saturated heterocycles. The van der Waals surface area contributed by atoms with Crippen LogP contribution in [0, 0.1) is 0 Å². The van der Waals surface area contributed by atoms with Crippen LogP contribution < -0.4 is 9.46 Å². The summed E-state index contributed by atoms with van der Waals surface area (Å²) in [6.07, 6.45) is 1.53. The van der Waals surface area contributed by atoms with Gasteiger partial charge in [-0.1, -0.05) is 19.4 Å². The van der Waals surface area contributed by atoms with E-state index >= 15 is 0 Å². The maximum absolute atomic E-state index is 11.6. The van der Waals surface area contributed by atoms with Gasteiger partial charge < -0.3 is 4.74 Å². The van der Waals surface area contributed by atoms with Crippen LogP contribution in [0.4, 0.5) is 5.69 Å². The molecule has 0 heterocycles. The molecule has 0 spiro atoms. The first-order valence-corrected chi connectivity index (χ1v) is 6.87. The topological polar surface area (TPSA) is 55.4 Å². The van der Waals surface area contributed by atoms with Crippen LogP contribution >= 0.6 is 0 Å². The van der Waals surface area contributed by atoms with Crippen molar-refractivity contribution in [3.8, 4) is 5.75 Å². The van der Waals surface area contributed by atoms with Crippen molar-refractivity contribution in [2.24, 2.45) is 0 Å². The van der Waals surface area contributed by atoms with Gasteiger partial charge in [0.05, 0.1) is 18.6 Å². The van der Waals surface area contributed by atoms with Crippen molar-refractivity contribution in [2.75, 3.05) is 17.6 Å². The number of rotatable bonds is 6. The van der Waals surface area contributed by atoms with E-state index in [2.05, 4.69) is 4.72 Å². The molecule has 0 atom stereocenters. The number of ether oxygens (including phenoxy) is 1. The van der Waals surface area contributed by atoms with Crippen molar-refractivity contribution in [3.63, 3.8) is 0 Å². The highest BCUT2D eigenvalue weighted by Gasteiger charge is 2.09. The molecule has 0 bridgehead atoms. The van der Waals surface area contributed by atoms with E-state index in [1.165, 1.54) is 0 Å². The van der Waals surface area contributed by atoms with E-state index in [0.717, 1.165) is 6.42 Å². The van der Waals surface area contributed by atoms with Crippen LogP contribution in [-0.2, 0) is 10.0 Å². The number of hydrogen-bond acceptors (Lipinski definition) is 3. The number of nitrogens with one attached hydrogen (secondary N) is 1. The monoisotopic (exact) mass is 243 g/mol. The molecule has 4 nitrogen and oxygen atoms in total. The number of anilines is 1. The van der Waals surface area contributed by atoms with E-state index in [1.807, 2.05) is 6.92 Å². The summed E-state index contributed by atoms with van der Waals surface area (Å²) in [5.74, 6) is 0.788. The van der Waals surface area contributed by atoms with Gasteiger partial charge in [-0.25, -0.2) is 8.42 Å². The summed E-state index contributed by atoms with van der Waals surface area (Å²) in [6.45, 7) is 1.96. The maximum atomic E-state index is 11.6. The van der Waals surface area contributed by atoms with Crippen LogP contribution in [0.3, 0.4) is 0 Å². The zero-order valence-electron chi connectivity index (χ0n) is 9.56. The van der Waals surface area contributed by atoms with Gasteiger partial charge in [0.1, 0.15) is 5.75 Å². The summed E-state index contributed by atoms with van der Waals surface area (Å²) in [4.78, 5) is 0. The predicted molar refractivity (Wildman–Crippen MR) is 65.3 cm³/mol. The van der Waals surface area contributed by atoms with Gasteiger partial charge in [0, 0.05) is 6.07 Å². The highest BCUT2D eigenvalue weighted by molar-refractivity contribution is 7.92. The molecule has 90 valence electrons. The standard InChI is InChI=1S/C11H17NO3S/c1-3-4-8-16(13,14)12-10-6-5-7-11(9-10)15-2/h5-7,9,12H,3-4,8H2,1-2H3. The molecule has 0 aliphatic heterocycles. The van der Waals surface area contributed by atoms with Crippen molar-refractivity contribution in [3.05, 3.63) is 24.3 Å². The third kappa shape index (κ3) is 4.10. The van der Waals surface area contributed by atoms with E-state index in [9.17, 15) is 8.42 Å². The van der Waals surface area contributed by atoms with Crippen LogP contribution in [0.1, 0.15) is 19.8 Å². The van der Waals surface area contributed by atoms with E-state index in [1.54, 1.807) is 31.4 Å². The van der Waals surface area contributed by atoms with Crippen molar-refractivity contribution in [1.29, 1.82) is 0 Å². The minimum absolute atomic E-state index is 0.153. The molecular weight excluding hydrogens is 226 g/mol. The van der Waals surface area contributed by atoms with Crippen molar-refractivity contribution < 1.29 is 13.2 Å². The Morgan fingerprint density at radius 3 is 2.75 bits per heavy atom. The molecule has 0 aliphatic carbocycles. The molecule has 0 aliphatic rings. The Bertz CT molecular complexity index is 429. The minimum atomic E-state index is -3.23. The number of unbranched alkanes of at least 4 members (excludes halogenated alkanes) is 1. The van der Waals surface area contributed by atoms with Crippen LogP contribution in [-0.4, -0.2) is 21.3 Å². The van der Waals surface area contributed by atoms with Crippen LogP contribution in [0.25, 0.3) is 0 Å². The van der Waals surface area contributed by atoms with Gasteiger partial charge in [0.15, 0.2) is 0 Å². The van der Waals surface area contributed by atoms with Gasteiger partial charge in [0.25, 0.3) is 0 Å². The van der Waals surface area contributed by atoms with Gasteiger partial charge in [-0.05, 0) is 18.6 Å². The maximum Gasteiger partial charge on any atom is 0.232 e. The van der Waals surface area contributed by atoms with Crippen LogP contribution in [0.15, 0.2) is 24.3 Å². The summed E-state index contributed by atoms with van der Waals surface area (Å²) < 4.78 is 30.7. The molecule has 0 saturated carbocycles. The lowest BCUT2D eigenvalue weighted by Crippen LogP contribution is -2.16. The fourth-order valence-electron chi connectivity index (χ4n) is 1.25. The SMILES string of the molecule is CCCCS(=O)(=O)Nc1cccc(OC)c1. The van der Waals surface area contributed by atoms with Gasteiger partial charge in [-0.3, -0.25) is 4.72 Å². The van der Waals surface area contributed by atoms with Gasteiger partial charge >= 0.3 is 0 Å². The van der Waals surface area contributed by atoms with Crippen molar-refractivity contribution >= 4 is 15.7 Å². The van der Waals surface area contributed by atoms with E-state index in [4.69, 9.17) is 4.74 Å². The molecule has 0 radical (unpaired) electrons. The molecule has 16 heavy (non-hydrogen) atoms. The van der Waals surface area contributed by atoms with Crippen molar-refractivity contribution in [2.45, 2.75) is 19.8 Å². The van der Waals surface area contributed by atoms with E-state index in [0.29, 0.717) is 17.9 Å². The average molecular weight is 243 g/mol. The summed E-state index contributed by atoms with van der Waals surface area (Å²) in [7, 11) is -1.68. The third-order valence-corrected chi connectivity index (χ3v) is 3.48. The number of sulfonamides is 1. The Labute approximate surface area is 96.7 Å². The molecule has 0 amide bonds. The van der Waals surface area contributed by atoms with Gasteiger partial charge in [-0.2, -0.15) is 0 Å². The number of hydrogen-bond donors (Lipinski definition) is 1. The Morgan fingerprint density at radius 1 is 1.38 bits per heavy atom. The Balaban J connectivity index is 2.72. The lowest BCUT2D eigenvalue weighted by Gasteiger charge is -2.08. The molecule has 1 N–H and O–H groups in total. The van der Waals surface area contributed by atoms with Crippen LogP contribution in [0.5, 0.6) is 5.75 Å². The Hall–Kier alpha value is -1.23. The predicted octanol–water partition coefficient (Wildman–Crippen LogP) is 2.24. The molecule has 5 heteroatoms. The fraction of sp³-hybridized carbons (Fsp3) is 0.455. The lowest BCUT2D eigenvalue weighted by atomic mass is 10.3. The summed E-state index contributed by atoms with van der Waals surface area (Å²) in [6, 6.07) is 6.87. The van der Waals surface area contributed by atoms with E-state index < -0.39 is 10.0 Å². The second-order valence-corrected chi connectivity index (χ2v) is 5.35. The van der Waals surface area contributed by atoms with Gasteiger partial charge in [-0.15, -0.1) is 0 Å². The molecule has 0 unspecified atom stereocenters. The highest BCUT2D eigenvalue weighted by atomic mass is 32.2. The molecule has 1 aromatic carbocycles. The largest absolute Gasteiger partial charge is 0.497 e. The normalized spacial score (nSPS) is 11.1.